The minimum atomic E-state index is -0.583. The largest absolute Gasteiger partial charge is 0.459 e. The van der Waals surface area contributed by atoms with E-state index < -0.39 is 12.1 Å². The van der Waals surface area contributed by atoms with Gasteiger partial charge < -0.3 is 9.47 Å². The number of carbonyl (C=O) groups excluding carboxylic acids is 2. The van der Waals surface area contributed by atoms with E-state index in [1.165, 1.54) is 0 Å². The number of nitrogens with one attached hydrogen (secondary N) is 1. The maximum atomic E-state index is 11.5. The maximum absolute atomic E-state index is 11.5. The summed E-state index contributed by atoms with van der Waals surface area (Å²) < 4.78 is 9.66. The van der Waals surface area contributed by atoms with Crippen molar-refractivity contribution in [2.75, 3.05) is 18.5 Å². The molecular formula is C14H17NO4. The van der Waals surface area contributed by atoms with Crippen molar-refractivity contribution in [3.8, 4) is 0 Å². The molecular weight excluding hydrogens is 246 g/mol. The number of anilines is 1. The predicted octanol–water partition coefficient (Wildman–Crippen LogP) is 2.66. The highest BCUT2D eigenvalue weighted by atomic mass is 16.6. The third kappa shape index (κ3) is 5.25. The first-order valence-electron chi connectivity index (χ1n) is 5.82. The normalized spacial score (nSPS) is 9.58. The summed E-state index contributed by atoms with van der Waals surface area (Å²) in [6.07, 6.45) is -0.583. The van der Waals surface area contributed by atoms with Gasteiger partial charge in [-0.25, -0.2) is 9.59 Å². The molecule has 0 saturated heterocycles. The molecule has 0 aliphatic heterocycles. The summed E-state index contributed by atoms with van der Waals surface area (Å²) in [6, 6.07) is 7.35. The number of para-hydroxylation sites is 1. The molecule has 5 heteroatoms. The monoisotopic (exact) mass is 263 g/mol. The Bertz CT molecular complexity index is 482. The molecule has 0 spiro atoms. The zero-order chi connectivity index (χ0) is 14.3. The van der Waals surface area contributed by atoms with Gasteiger partial charge in [0.25, 0.3) is 0 Å². The summed E-state index contributed by atoms with van der Waals surface area (Å²) in [4.78, 5) is 22.5. The minimum Gasteiger partial charge on any atom is -0.459 e. The van der Waals surface area contributed by atoms with Gasteiger partial charge in [-0.1, -0.05) is 24.8 Å². The van der Waals surface area contributed by atoms with Crippen molar-refractivity contribution in [3.63, 3.8) is 0 Å². The Morgan fingerprint density at radius 3 is 2.47 bits per heavy atom. The zero-order valence-electron chi connectivity index (χ0n) is 11.1. The lowest BCUT2D eigenvalue weighted by Gasteiger charge is -2.09. The average molecular weight is 263 g/mol. The summed E-state index contributed by atoms with van der Waals surface area (Å²) in [5, 5.41) is 2.60. The van der Waals surface area contributed by atoms with Crippen LogP contribution in [0.1, 0.15) is 12.5 Å². The van der Waals surface area contributed by atoms with Crippen LogP contribution in [0.2, 0.25) is 0 Å². The Labute approximate surface area is 112 Å². The fourth-order valence-electron chi connectivity index (χ4n) is 1.25. The zero-order valence-corrected chi connectivity index (χ0v) is 11.1. The average Bonchev–Trinajstić information content (AvgIpc) is 2.37. The summed E-state index contributed by atoms with van der Waals surface area (Å²) in [7, 11) is 0. The Morgan fingerprint density at radius 2 is 1.84 bits per heavy atom. The number of esters is 1. The van der Waals surface area contributed by atoms with Gasteiger partial charge in [-0.3, -0.25) is 5.32 Å². The number of hydrogen-bond acceptors (Lipinski definition) is 4. The maximum Gasteiger partial charge on any atom is 0.411 e. The fourth-order valence-corrected chi connectivity index (χ4v) is 1.25. The molecule has 0 heterocycles. The second kappa shape index (κ2) is 7.20. The van der Waals surface area contributed by atoms with Crippen LogP contribution < -0.4 is 5.32 Å². The van der Waals surface area contributed by atoms with E-state index in [4.69, 9.17) is 9.47 Å². The molecule has 19 heavy (non-hydrogen) atoms. The number of carbonyl (C=O) groups is 2. The summed E-state index contributed by atoms with van der Waals surface area (Å²) in [5.74, 6) is -0.497. The van der Waals surface area contributed by atoms with Crippen molar-refractivity contribution in [2.24, 2.45) is 0 Å². The van der Waals surface area contributed by atoms with E-state index >= 15 is 0 Å². The lowest BCUT2D eigenvalue weighted by atomic mass is 10.2. The molecule has 0 atom stereocenters. The van der Waals surface area contributed by atoms with Crippen LogP contribution in [-0.4, -0.2) is 25.3 Å². The molecule has 1 N–H and O–H groups in total. The van der Waals surface area contributed by atoms with Crippen LogP contribution in [0.15, 0.2) is 36.4 Å². The first-order chi connectivity index (χ1) is 9.00. The smallest absolute Gasteiger partial charge is 0.411 e. The van der Waals surface area contributed by atoms with E-state index in [9.17, 15) is 9.59 Å². The van der Waals surface area contributed by atoms with Gasteiger partial charge in [0.05, 0.1) is 0 Å². The van der Waals surface area contributed by atoms with Gasteiger partial charge in [0.15, 0.2) is 0 Å². The quantitative estimate of drug-likeness (QED) is 0.504. The number of benzene rings is 1. The van der Waals surface area contributed by atoms with Crippen molar-refractivity contribution in [3.05, 3.63) is 42.0 Å². The number of rotatable bonds is 5. The fraction of sp³-hybridized carbons (Fsp3) is 0.286. The summed E-state index contributed by atoms with van der Waals surface area (Å²) >= 11 is 0. The second-order valence-electron chi connectivity index (χ2n) is 3.99. The lowest BCUT2D eigenvalue weighted by Crippen LogP contribution is -2.18. The predicted molar refractivity (Wildman–Crippen MR) is 71.9 cm³/mol. The van der Waals surface area contributed by atoms with Crippen LogP contribution in [0.4, 0.5) is 10.5 Å². The number of amides is 1. The van der Waals surface area contributed by atoms with Crippen molar-refractivity contribution < 1.29 is 19.1 Å². The molecule has 0 fully saturated rings. The molecule has 1 rings (SSSR count). The van der Waals surface area contributed by atoms with Gasteiger partial charge in [-0.05, 0) is 25.5 Å². The van der Waals surface area contributed by atoms with Crippen LogP contribution in [0.5, 0.6) is 0 Å². The van der Waals surface area contributed by atoms with Crippen molar-refractivity contribution >= 4 is 17.7 Å². The van der Waals surface area contributed by atoms with E-state index in [1.54, 1.807) is 13.0 Å². The first-order valence-corrected chi connectivity index (χ1v) is 5.82. The minimum absolute atomic E-state index is 0.00324. The molecule has 0 bridgehead atoms. The SMILES string of the molecule is C=C(C)C(=O)OCCOC(=O)Nc1ccccc1C. The molecule has 0 radical (unpaired) electrons. The van der Waals surface area contributed by atoms with E-state index in [2.05, 4.69) is 11.9 Å². The summed E-state index contributed by atoms with van der Waals surface area (Å²) in [5.41, 5.74) is 1.93. The number of hydrogen-bond donors (Lipinski definition) is 1. The molecule has 0 unspecified atom stereocenters. The Kier molecular flexibility index (Phi) is 5.60. The standard InChI is InChI=1S/C14H17NO4/c1-10(2)13(16)18-8-9-19-14(17)15-12-7-5-4-6-11(12)3/h4-7H,1,8-9H2,2-3H3,(H,15,17). The second-order valence-corrected chi connectivity index (χ2v) is 3.99. The third-order valence-electron chi connectivity index (χ3n) is 2.28. The molecule has 0 aliphatic carbocycles. The molecule has 5 nitrogen and oxygen atoms in total. The van der Waals surface area contributed by atoms with E-state index in [0.29, 0.717) is 11.3 Å². The lowest BCUT2D eigenvalue weighted by molar-refractivity contribution is -0.139. The number of ether oxygens (including phenoxy) is 2. The van der Waals surface area contributed by atoms with Crippen LogP contribution in [-0.2, 0) is 14.3 Å². The highest BCUT2D eigenvalue weighted by molar-refractivity contribution is 5.87. The highest BCUT2D eigenvalue weighted by Crippen LogP contribution is 2.13. The van der Waals surface area contributed by atoms with Crippen LogP contribution in [0.25, 0.3) is 0 Å². The van der Waals surface area contributed by atoms with Crippen molar-refractivity contribution in [1.82, 2.24) is 0 Å². The topological polar surface area (TPSA) is 64.6 Å². The highest BCUT2D eigenvalue weighted by Gasteiger charge is 2.06. The first kappa shape index (κ1) is 14.8. The van der Waals surface area contributed by atoms with Crippen LogP contribution >= 0.6 is 0 Å². The molecule has 102 valence electrons. The van der Waals surface area contributed by atoms with E-state index in [0.717, 1.165) is 5.56 Å². The number of aryl methyl sites for hydroxylation is 1. The Morgan fingerprint density at radius 1 is 1.21 bits per heavy atom. The van der Waals surface area contributed by atoms with Crippen molar-refractivity contribution in [1.29, 1.82) is 0 Å². The third-order valence-corrected chi connectivity index (χ3v) is 2.28. The van der Waals surface area contributed by atoms with Gasteiger partial charge in [0, 0.05) is 11.3 Å². The van der Waals surface area contributed by atoms with Gasteiger partial charge in [0.2, 0.25) is 0 Å². The van der Waals surface area contributed by atoms with Crippen LogP contribution in [0.3, 0.4) is 0 Å². The molecule has 1 amide bonds. The Hall–Kier alpha value is -2.30. The van der Waals surface area contributed by atoms with Crippen LogP contribution in [0, 0.1) is 6.92 Å². The molecule has 0 saturated carbocycles. The molecule has 0 aromatic heterocycles. The Balaban J connectivity index is 2.27. The van der Waals surface area contributed by atoms with Crippen molar-refractivity contribution in [2.45, 2.75) is 13.8 Å². The molecule has 0 aliphatic rings. The van der Waals surface area contributed by atoms with Gasteiger partial charge in [0.1, 0.15) is 13.2 Å². The van der Waals surface area contributed by atoms with E-state index in [1.807, 2.05) is 25.1 Å². The van der Waals surface area contributed by atoms with Gasteiger partial charge >= 0.3 is 12.1 Å². The van der Waals surface area contributed by atoms with E-state index in [-0.39, 0.29) is 13.2 Å². The van der Waals surface area contributed by atoms with Gasteiger partial charge in [-0.2, -0.15) is 0 Å². The summed E-state index contributed by atoms with van der Waals surface area (Å²) in [6.45, 7) is 6.87. The molecule has 1 aromatic carbocycles. The molecule has 1 aromatic rings. The van der Waals surface area contributed by atoms with Gasteiger partial charge in [-0.15, -0.1) is 0 Å².